The van der Waals surface area contributed by atoms with Crippen LogP contribution in [0.1, 0.15) is 58.6 Å². The second-order valence-electron chi connectivity index (χ2n) is 11.9. The SMILES string of the molecule is CC(C)(C)OC(=O)N1CCC(CNc2cc(Nc3cnc(C#N)cn3)nnc2-c2cccc(N3CCCCC3)c2)CC1. The Morgan fingerprint density at radius 1 is 1.02 bits per heavy atom. The minimum Gasteiger partial charge on any atom is -0.444 e. The van der Waals surface area contributed by atoms with E-state index in [1.165, 1.54) is 37.3 Å². The fourth-order valence-electron chi connectivity index (χ4n) is 5.28. The van der Waals surface area contributed by atoms with Gasteiger partial charge in [0.15, 0.2) is 11.5 Å². The molecule has 2 aromatic heterocycles. The summed E-state index contributed by atoms with van der Waals surface area (Å²) in [5.74, 6) is 1.39. The fourth-order valence-corrected chi connectivity index (χ4v) is 5.28. The van der Waals surface area contributed by atoms with E-state index >= 15 is 0 Å². The van der Waals surface area contributed by atoms with Crippen molar-refractivity contribution in [2.24, 2.45) is 5.92 Å². The minimum atomic E-state index is -0.499. The number of nitriles is 1. The van der Waals surface area contributed by atoms with Gasteiger partial charge in [0.05, 0.1) is 18.1 Å². The molecule has 2 aliphatic rings. The molecule has 3 aromatic rings. The van der Waals surface area contributed by atoms with E-state index < -0.39 is 5.60 Å². The van der Waals surface area contributed by atoms with E-state index in [1.54, 1.807) is 4.90 Å². The van der Waals surface area contributed by atoms with Gasteiger partial charge in [0, 0.05) is 50.0 Å². The van der Waals surface area contributed by atoms with Crippen LogP contribution in [0.25, 0.3) is 11.3 Å². The summed E-state index contributed by atoms with van der Waals surface area (Å²) in [7, 11) is 0. The maximum absolute atomic E-state index is 12.5. The highest BCUT2D eigenvalue weighted by atomic mass is 16.6. The number of carbonyl (C=O) groups excluding carboxylic acids is 1. The van der Waals surface area contributed by atoms with Gasteiger partial charge in [-0.05, 0) is 70.9 Å². The van der Waals surface area contributed by atoms with Gasteiger partial charge in [0.2, 0.25) is 0 Å². The Bertz CT molecular complexity index is 1400. The molecule has 11 heteroatoms. The summed E-state index contributed by atoms with van der Waals surface area (Å²) in [4.78, 5) is 25.1. The van der Waals surface area contributed by atoms with Crippen LogP contribution in [-0.2, 0) is 4.74 Å². The molecule has 11 nitrogen and oxygen atoms in total. The molecule has 2 saturated heterocycles. The standard InChI is InChI=1S/C31H39N9O2/c1-31(2,3)42-30(41)40-14-10-22(11-15-40)19-34-26-17-27(36-28-21-33-24(18-32)20-35-28)37-38-29(26)23-8-7-9-25(16-23)39-12-5-4-6-13-39/h7-9,16-17,20-22H,4-6,10-15,19H2,1-3H3,(H2,34,35,36,37). The van der Waals surface area contributed by atoms with Gasteiger partial charge in [-0.25, -0.2) is 14.8 Å². The van der Waals surface area contributed by atoms with Crippen molar-refractivity contribution < 1.29 is 9.53 Å². The van der Waals surface area contributed by atoms with Gasteiger partial charge in [0.1, 0.15) is 23.2 Å². The van der Waals surface area contributed by atoms with E-state index in [0.29, 0.717) is 30.6 Å². The van der Waals surface area contributed by atoms with Gasteiger partial charge in [-0.1, -0.05) is 12.1 Å². The zero-order valence-corrected chi connectivity index (χ0v) is 24.6. The number of hydrogen-bond donors (Lipinski definition) is 2. The van der Waals surface area contributed by atoms with E-state index in [4.69, 9.17) is 10.00 Å². The fraction of sp³-hybridized carbons (Fsp3) is 0.484. The Morgan fingerprint density at radius 2 is 1.81 bits per heavy atom. The molecule has 0 radical (unpaired) electrons. The van der Waals surface area contributed by atoms with Crippen molar-refractivity contribution in [3.8, 4) is 17.3 Å². The summed E-state index contributed by atoms with van der Waals surface area (Å²) in [5, 5.41) is 24.9. The van der Waals surface area contributed by atoms with Gasteiger partial charge in [-0.2, -0.15) is 5.26 Å². The maximum Gasteiger partial charge on any atom is 0.410 e. The predicted octanol–water partition coefficient (Wildman–Crippen LogP) is 5.60. The minimum absolute atomic E-state index is 0.246. The number of nitrogens with zero attached hydrogens (tertiary/aromatic N) is 7. The number of anilines is 4. The van der Waals surface area contributed by atoms with Gasteiger partial charge in [-0.15, -0.1) is 10.2 Å². The lowest BCUT2D eigenvalue weighted by Crippen LogP contribution is -2.42. The third-order valence-electron chi connectivity index (χ3n) is 7.50. The lowest BCUT2D eigenvalue weighted by Gasteiger charge is -2.33. The normalized spacial score (nSPS) is 16.0. The summed E-state index contributed by atoms with van der Waals surface area (Å²) in [6, 6.07) is 12.4. The number of rotatable bonds is 7. The van der Waals surface area contributed by atoms with E-state index in [1.807, 2.05) is 32.9 Å². The zero-order chi connectivity index (χ0) is 29.5. The number of hydrogen-bond acceptors (Lipinski definition) is 10. The van der Waals surface area contributed by atoms with Crippen molar-refractivity contribution in [2.45, 2.75) is 58.5 Å². The first-order chi connectivity index (χ1) is 20.3. The Labute approximate surface area is 247 Å². The average Bonchev–Trinajstić information content (AvgIpc) is 3.00. The molecule has 42 heavy (non-hydrogen) atoms. The third-order valence-corrected chi connectivity index (χ3v) is 7.50. The van der Waals surface area contributed by atoms with Crippen LogP contribution in [-0.4, -0.2) is 69.5 Å². The first-order valence-corrected chi connectivity index (χ1v) is 14.7. The lowest BCUT2D eigenvalue weighted by atomic mass is 9.97. The van der Waals surface area contributed by atoms with Crippen LogP contribution in [0.2, 0.25) is 0 Å². The van der Waals surface area contributed by atoms with Crippen molar-refractivity contribution in [2.75, 3.05) is 48.3 Å². The molecule has 0 bridgehead atoms. The Morgan fingerprint density at radius 3 is 2.50 bits per heavy atom. The quantitative estimate of drug-likeness (QED) is 0.371. The molecule has 0 spiro atoms. The Kier molecular flexibility index (Phi) is 9.00. The van der Waals surface area contributed by atoms with E-state index in [2.05, 4.69) is 60.0 Å². The van der Waals surface area contributed by atoms with Crippen molar-refractivity contribution in [1.29, 1.82) is 5.26 Å². The molecule has 0 aliphatic carbocycles. The van der Waals surface area contributed by atoms with Crippen molar-refractivity contribution in [1.82, 2.24) is 25.1 Å². The van der Waals surface area contributed by atoms with Crippen LogP contribution >= 0.6 is 0 Å². The van der Waals surface area contributed by atoms with Gasteiger partial charge < -0.3 is 25.2 Å². The molecule has 220 valence electrons. The number of benzene rings is 1. The molecule has 0 saturated carbocycles. The highest BCUT2D eigenvalue weighted by Gasteiger charge is 2.27. The molecule has 1 amide bonds. The summed E-state index contributed by atoms with van der Waals surface area (Å²) < 4.78 is 5.56. The van der Waals surface area contributed by atoms with Gasteiger partial charge in [-0.3, -0.25) is 0 Å². The zero-order valence-electron chi connectivity index (χ0n) is 24.6. The van der Waals surface area contributed by atoms with Crippen molar-refractivity contribution in [3.63, 3.8) is 0 Å². The van der Waals surface area contributed by atoms with Gasteiger partial charge >= 0.3 is 6.09 Å². The third kappa shape index (κ3) is 7.63. The molecular formula is C31H39N9O2. The van der Waals surface area contributed by atoms with E-state index in [0.717, 1.165) is 49.4 Å². The van der Waals surface area contributed by atoms with Crippen LogP contribution in [0.4, 0.5) is 27.8 Å². The second-order valence-corrected chi connectivity index (χ2v) is 11.9. The Balaban J connectivity index is 1.32. The average molecular weight is 570 g/mol. The largest absolute Gasteiger partial charge is 0.444 e. The summed E-state index contributed by atoms with van der Waals surface area (Å²) >= 11 is 0. The van der Waals surface area contributed by atoms with Crippen LogP contribution < -0.4 is 15.5 Å². The topological polar surface area (TPSA) is 132 Å². The van der Waals surface area contributed by atoms with E-state index in [9.17, 15) is 4.79 Å². The Hall–Kier alpha value is -4.46. The highest BCUT2D eigenvalue weighted by molar-refractivity contribution is 5.78. The van der Waals surface area contributed by atoms with Crippen LogP contribution in [0.5, 0.6) is 0 Å². The van der Waals surface area contributed by atoms with Crippen LogP contribution in [0, 0.1) is 17.2 Å². The molecule has 0 unspecified atom stereocenters. The number of piperidine rings is 2. The van der Waals surface area contributed by atoms with Crippen molar-refractivity contribution in [3.05, 3.63) is 48.4 Å². The first kappa shape index (κ1) is 29.0. The molecule has 2 fully saturated rings. The van der Waals surface area contributed by atoms with E-state index in [-0.39, 0.29) is 11.8 Å². The number of amides is 1. The summed E-state index contributed by atoms with van der Waals surface area (Å²) in [6.07, 6.45) is 8.15. The number of nitrogens with one attached hydrogen (secondary N) is 2. The second kappa shape index (κ2) is 13.0. The lowest BCUT2D eigenvalue weighted by molar-refractivity contribution is 0.0188. The molecular weight excluding hydrogens is 530 g/mol. The molecule has 2 aliphatic heterocycles. The van der Waals surface area contributed by atoms with Crippen molar-refractivity contribution >= 4 is 29.1 Å². The smallest absolute Gasteiger partial charge is 0.410 e. The first-order valence-electron chi connectivity index (χ1n) is 14.7. The maximum atomic E-state index is 12.5. The number of carbonyl (C=O) groups is 1. The van der Waals surface area contributed by atoms with Crippen LogP contribution in [0.15, 0.2) is 42.7 Å². The van der Waals surface area contributed by atoms with Gasteiger partial charge in [0.25, 0.3) is 0 Å². The number of aromatic nitrogens is 4. The molecule has 2 N–H and O–H groups in total. The molecule has 4 heterocycles. The van der Waals surface area contributed by atoms with Crippen LogP contribution in [0.3, 0.4) is 0 Å². The number of likely N-dealkylation sites (tertiary alicyclic amines) is 1. The molecule has 0 atom stereocenters. The summed E-state index contributed by atoms with van der Waals surface area (Å²) in [6.45, 7) is 9.88. The monoisotopic (exact) mass is 569 g/mol. The summed E-state index contributed by atoms with van der Waals surface area (Å²) in [5.41, 5.74) is 3.58. The number of ether oxygens (including phenoxy) is 1. The molecule has 5 rings (SSSR count). The highest BCUT2D eigenvalue weighted by Crippen LogP contribution is 2.32. The molecule has 1 aromatic carbocycles. The predicted molar refractivity (Wildman–Crippen MR) is 163 cm³/mol.